The molecule has 4 rings (SSSR count). The van der Waals surface area contributed by atoms with Crippen LogP contribution in [-0.4, -0.2) is 49.1 Å². The molecule has 0 saturated carbocycles. The van der Waals surface area contributed by atoms with Crippen LogP contribution < -0.4 is 14.8 Å². The standard InChI is InChI=1S/C22H20BrN3O5/c1-4-9-31-19-16(23)10-13(11-18(19)30-3)14-12-25(2)22(20(14)26(28)29)15-7-5-6-8-17(15)24-21(22)27/h1,5-8,10-11,14,20H,9,12H2,2-3H3,(H,24,27)/t14-,20-,22+/m0/s1. The summed E-state index contributed by atoms with van der Waals surface area (Å²) in [5.41, 5.74) is 0.484. The van der Waals surface area contributed by atoms with Crippen LogP contribution in [0.5, 0.6) is 11.5 Å². The van der Waals surface area contributed by atoms with Crippen LogP contribution in [-0.2, 0) is 10.3 Å². The second-order valence-corrected chi connectivity index (χ2v) is 8.36. The lowest BCUT2D eigenvalue weighted by Gasteiger charge is -2.30. The van der Waals surface area contributed by atoms with Crippen molar-refractivity contribution in [3.63, 3.8) is 0 Å². The highest BCUT2D eigenvalue weighted by molar-refractivity contribution is 9.10. The molecular formula is C22H20BrN3O5. The molecule has 0 aromatic heterocycles. The first kappa shape index (κ1) is 21.2. The van der Waals surface area contributed by atoms with Crippen molar-refractivity contribution >= 4 is 27.5 Å². The van der Waals surface area contributed by atoms with E-state index < -0.39 is 17.5 Å². The Kier molecular flexibility index (Phi) is 5.37. The molecule has 3 atom stereocenters. The molecule has 2 aliphatic rings. The number of nitro groups is 1. The first-order valence-corrected chi connectivity index (χ1v) is 10.3. The number of fused-ring (bicyclic) bond motifs is 2. The average molecular weight is 486 g/mol. The molecule has 31 heavy (non-hydrogen) atoms. The van der Waals surface area contributed by atoms with Gasteiger partial charge in [-0.25, -0.2) is 0 Å². The number of likely N-dealkylation sites (N-methyl/N-ethyl adjacent to an activating group) is 1. The van der Waals surface area contributed by atoms with Gasteiger partial charge in [-0.1, -0.05) is 24.1 Å². The molecule has 2 aromatic rings. The lowest BCUT2D eigenvalue weighted by Crippen LogP contribution is -2.54. The number of benzene rings is 2. The van der Waals surface area contributed by atoms with Crippen LogP contribution in [0.1, 0.15) is 17.0 Å². The second-order valence-electron chi connectivity index (χ2n) is 7.51. The van der Waals surface area contributed by atoms with Crippen LogP contribution >= 0.6 is 15.9 Å². The van der Waals surface area contributed by atoms with Gasteiger partial charge >= 0.3 is 0 Å². The third-order valence-corrected chi connectivity index (χ3v) is 6.61. The van der Waals surface area contributed by atoms with Crippen molar-refractivity contribution < 1.29 is 19.2 Å². The van der Waals surface area contributed by atoms with Gasteiger partial charge in [0.05, 0.1) is 17.5 Å². The molecule has 8 nitrogen and oxygen atoms in total. The van der Waals surface area contributed by atoms with E-state index in [1.54, 1.807) is 48.3 Å². The maximum Gasteiger partial charge on any atom is 0.256 e. The van der Waals surface area contributed by atoms with Gasteiger partial charge < -0.3 is 14.8 Å². The third kappa shape index (κ3) is 3.06. The molecule has 2 aliphatic heterocycles. The van der Waals surface area contributed by atoms with E-state index in [9.17, 15) is 14.9 Å². The summed E-state index contributed by atoms with van der Waals surface area (Å²) in [6.45, 7) is 0.367. The lowest BCUT2D eigenvalue weighted by molar-refractivity contribution is -0.534. The zero-order valence-corrected chi connectivity index (χ0v) is 18.5. The summed E-state index contributed by atoms with van der Waals surface area (Å²) in [6.07, 6.45) is 5.28. The van der Waals surface area contributed by atoms with Gasteiger partial charge in [-0.3, -0.25) is 19.8 Å². The van der Waals surface area contributed by atoms with Gasteiger partial charge in [0.2, 0.25) is 0 Å². The number of halogens is 1. The Hall–Kier alpha value is -3.09. The van der Waals surface area contributed by atoms with Gasteiger partial charge in [0.25, 0.3) is 11.9 Å². The van der Waals surface area contributed by atoms with E-state index in [0.717, 1.165) is 0 Å². The fourth-order valence-electron chi connectivity index (χ4n) is 4.79. The minimum absolute atomic E-state index is 0.0536. The van der Waals surface area contributed by atoms with Gasteiger partial charge in [-0.05, 0) is 46.7 Å². The Balaban J connectivity index is 1.85. The van der Waals surface area contributed by atoms with E-state index in [1.807, 2.05) is 0 Å². The van der Waals surface area contributed by atoms with E-state index in [-0.39, 0.29) is 17.4 Å². The minimum Gasteiger partial charge on any atom is -0.493 e. The van der Waals surface area contributed by atoms with Gasteiger partial charge in [0.15, 0.2) is 17.0 Å². The minimum atomic E-state index is -1.40. The van der Waals surface area contributed by atoms with Crippen LogP contribution in [0.2, 0.25) is 0 Å². The van der Waals surface area contributed by atoms with Crippen molar-refractivity contribution in [1.82, 2.24) is 4.90 Å². The molecule has 0 unspecified atom stereocenters. The maximum atomic E-state index is 13.2. The number of anilines is 1. The predicted octanol–water partition coefficient (Wildman–Crippen LogP) is 2.99. The highest BCUT2D eigenvalue weighted by atomic mass is 79.9. The number of methoxy groups -OCH3 is 1. The summed E-state index contributed by atoms with van der Waals surface area (Å²) in [6, 6.07) is 9.40. The molecule has 0 aliphatic carbocycles. The second kappa shape index (κ2) is 7.87. The topological polar surface area (TPSA) is 93.9 Å². The summed E-state index contributed by atoms with van der Waals surface area (Å²) in [5, 5.41) is 15.2. The van der Waals surface area contributed by atoms with Gasteiger partial charge in [-0.15, -0.1) is 6.42 Å². The average Bonchev–Trinajstić information content (AvgIpc) is 3.22. The summed E-state index contributed by atoms with van der Waals surface area (Å²) in [7, 11) is 3.23. The highest BCUT2D eigenvalue weighted by Gasteiger charge is 2.68. The monoisotopic (exact) mass is 485 g/mol. The number of para-hydroxylation sites is 1. The number of rotatable bonds is 5. The normalized spacial score (nSPS) is 24.5. The number of carbonyl (C=O) groups excluding carboxylic acids is 1. The molecule has 2 heterocycles. The zero-order chi connectivity index (χ0) is 22.3. The fourth-order valence-corrected chi connectivity index (χ4v) is 5.36. The van der Waals surface area contributed by atoms with Gasteiger partial charge in [-0.2, -0.15) is 0 Å². The Morgan fingerprint density at radius 1 is 1.42 bits per heavy atom. The highest BCUT2D eigenvalue weighted by Crippen LogP contribution is 2.53. The Bertz CT molecular complexity index is 1110. The molecule has 2 aromatic carbocycles. The van der Waals surface area contributed by atoms with Crippen molar-refractivity contribution in [1.29, 1.82) is 0 Å². The summed E-state index contributed by atoms with van der Waals surface area (Å²) < 4.78 is 11.6. The first-order valence-electron chi connectivity index (χ1n) is 9.55. The number of terminal acetylenes is 1. The number of nitrogens with zero attached hydrogens (tertiary/aromatic N) is 2. The van der Waals surface area contributed by atoms with Crippen LogP contribution in [0.4, 0.5) is 5.69 Å². The summed E-state index contributed by atoms with van der Waals surface area (Å²) in [5.74, 6) is 2.27. The number of carbonyl (C=O) groups is 1. The van der Waals surface area contributed by atoms with Crippen molar-refractivity contribution in [3.8, 4) is 23.8 Å². The molecule has 1 N–H and O–H groups in total. The Morgan fingerprint density at radius 2 is 2.16 bits per heavy atom. The van der Waals surface area contributed by atoms with Gasteiger partial charge in [0, 0.05) is 22.7 Å². The van der Waals surface area contributed by atoms with Crippen LogP contribution in [0.15, 0.2) is 40.9 Å². The predicted molar refractivity (Wildman–Crippen MR) is 118 cm³/mol. The summed E-state index contributed by atoms with van der Waals surface area (Å²) in [4.78, 5) is 27.0. The number of likely N-dealkylation sites (tertiary alicyclic amines) is 1. The Labute approximate surface area is 187 Å². The largest absolute Gasteiger partial charge is 0.493 e. The molecule has 0 radical (unpaired) electrons. The van der Waals surface area contributed by atoms with E-state index >= 15 is 0 Å². The zero-order valence-electron chi connectivity index (χ0n) is 16.9. The molecule has 1 spiro atoms. The fraction of sp³-hybridized carbons (Fsp3) is 0.318. The van der Waals surface area contributed by atoms with Crippen molar-refractivity contribution in [3.05, 3.63) is 62.1 Å². The molecule has 1 amide bonds. The number of amides is 1. The third-order valence-electron chi connectivity index (χ3n) is 6.02. The van der Waals surface area contributed by atoms with E-state index in [4.69, 9.17) is 15.9 Å². The number of ether oxygens (including phenoxy) is 2. The van der Waals surface area contributed by atoms with Crippen LogP contribution in [0, 0.1) is 22.5 Å². The molecule has 0 bridgehead atoms. The van der Waals surface area contributed by atoms with E-state index in [2.05, 4.69) is 27.2 Å². The van der Waals surface area contributed by atoms with Crippen LogP contribution in [0.3, 0.4) is 0 Å². The van der Waals surface area contributed by atoms with E-state index in [1.165, 1.54) is 7.11 Å². The lowest BCUT2D eigenvalue weighted by atomic mass is 9.79. The van der Waals surface area contributed by atoms with E-state index in [0.29, 0.717) is 39.3 Å². The number of hydrogen-bond donors (Lipinski definition) is 1. The number of nitrogens with one attached hydrogen (secondary N) is 1. The van der Waals surface area contributed by atoms with Crippen molar-refractivity contribution in [2.24, 2.45) is 0 Å². The summed E-state index contributed by atoms with van der Waals surface area (Å²) >= 11 is 3.46. The number of hydrogen-bond acceptors (Lipinski definition) is 6. The molecule has 9 heteroatoms. The molecule has 1 fully saturated rings. The van der Waals surface area contributed by atoms with Gasteiger partial charge in [0.1, 0.15) is 6.61 Å². The van der Waals surface area contributed by atoms with Crippen LogP contribution in [0.25, 0.3) is 0 Å². The molecule has 160 valence electrons. The van der Waals surface area contributed by atoms with Crippen molar-refractivity contribution in [2.45, 2.75) is 17.5 Å². The Morgan fingerprint density at radius 3 is 2.84 bits per heavy atom. The quantitative estimate of drug-likeness (QED) is 0.397. The maximum absolute atomic E-state index is 13.2. The molecular weight excluding hydrogens is 466 g/mol. The first-order chi connectivity index (χ1) is 14.9. The SMILES string of the molecule is C#CCOc1c(Br)cc([C@@H]2CN(C)[C@@]3(C(=O)Nc4ccccc43)[C@H]2[N+](=O)[O-])cc1OC. The van der Waals surface area contributed by atoms with Crippen molar-refractivity contribution in [2.75, 3.05) is 32.6 Å². The smallest absolute Gasteiger partial charge is 0.256 e. The molecule has 1 saturated heterocycles.